The minimum Gasteiger partial charge on any atom is -0.320 e. The van der Waals surface area contributed by atoms with E-state index in [1.165, 1.54) is 4.31 Å². The van der Waals surface area contributed by atoms with Gasteiger partial charge in [0.05, 0.1) is 11.4 Å². The molecule has 5 heteroatoms. The topological polar surface area (TPSA) is 63.4 Å². The van der Waals surface area contributed by atoms with Crippen LogP contribution in [0.2, 0.25) is 0 Å². The molecule has 1 aromatic rings. The Kier molecular flexibility index (Phi) is 5.75. The van der Waals surface area contributed by atoms with Crippen LogP contribution in [0.1, 0.15) is 26.3 Å². The third-order valence-electron chi connectivity index (χ3n) is 3.41. The second-order valence-corrected chi connectivity index (χ2v) is 6.97. The van der Waals surface area contributed by atoms with E-state index < -0.39 is 10.0 Å². The first kappa shape index (κ1) is 16.7. The van der Waals surface area contributed by atoms with Crippen LogP contribution < -0.4 is 5.73 Å². The van der Waals surface area contributed by atoms with Gasteiger partial charge in [-0.3, -0.25) is 0 Å². The van der Waals surface area contributed by atoms with Crippen LogP contribution in [0.4, 0.5) is 0 Å². The zero-order valence-electron chi connectivity index (χ0n) is 12.4. The second kappa shape index (κ2) is 6.89. The molecule has 0 bridgehead atoms. The van der Waals surface area contributed by atoms with Crippen LogP contribution in [0.15, 0.2) is 29.2 Å². The molecular formula is C15H22N2O2S. The van der Waals surface area contributed by atoms with Crippen molar-refractivity contribution in [1.82, 2.24) is 4.31 Å². The van der Waals surface area contributed by atoms with Crippen LogP contribution in [-0.2, 0) is 10.0 Å². The first-order chi connectivity index (χ1) is 9.32. The molecule has 1 rings (SSSR count). The fourth-order valence-corrected chi connectivity index (χ4v) is 3.37. The lowest BCUT2D eigenvalue weighted by Gasteiger charge is -2.27. The Bertz CT molecular complexity index is 612. The molecule has 4 nitrogen and oxygen atoms in total. The molecule has 0 saturated carbocycles. The summed E-state index contributed by atoms with van der Waals surface area (Å²) in [5.74, 6) is 5.76. The summed E-state index contributed by atoms with van der Waals surface area (Å²) in [6.07, 6.45) is 0. The van der Waals surface area contributed by atoms with Gasteiger partial charge in [0, 0.05) is 18.7 Å². The highest BCUT2D eigenvalue weighted by molar-refractivity contribution is 7.89. The molecule has 1 atom stereocenters. The Morgan fingerprint density at radius 3 is 2.40 bits per heavy atom. The highest BCUT2D eigenvalue weighted by atomic mass is 32.2. The lowest BCUT2D eigenvalue weighted by Crippen LogP contribution is -2.38. The number of benzene rings is 1. The Labute approximate surface area is 122 Å². The van der Waals surface area contributed by atoms with Crippen molar-refractivity contribution in [3.8, 4) is 11.8 Å². The van der Waals surface area contributed by atoms with E-state index in [1.807, 2.05) is 20.8 Å². The first-order valence-electron chi connectivity index (χ1n) is 6.58. The van der Waals surface area contributed by atoms with E-state index in [4.69, 9.17) is 5.73 Å². The lowest BCUT2D eigenvalue weighted by molar-refractivity contribution is 0.315. The van der Waals surface area contributed by atoms with Crippen LogP contribution in [-0.4, -0.2) is 32.4 Å². The van der Waals surface area contributed by atoms with Gasteiger partial charge >= 0.3 is 0 Å². The molecular weight excluding hydrogens is 272 g/mol. The number of nitrogens with zero attached hydrogens (tertiary/aromatic N) is 1. The normalized spacial score (nSPS) is 13.2. The molecule has 0 aliphatic heterocycles. The standard InChI is InChI=1S/C15H22N2O2S/c1-12(2)13(3)17(4)20(18,19)15-10-6-5-8-14(15)9-7-11-16/h5-6,8,10,12-13H,11,16H2,1-4H3. The molecule has 0 heterocycles. The van der Waals surface area contributed by atoms with E-state index in [0.29, 0.717) is 5.56 Å². The molecule has 0 spiro atoms. The molecule has 110 valence electrons. The molecule has 0 fully saturated rings. The third kappa shape index (κ3) is 3.60. The van der Waals surface area contributed by atoms with Gasteiger partial charge in [-0.25, -0.2) is 8.42 Å². The maximum Gasteiger partial charge on any atom is 0.244 e. The van der Waals surface area contributed by atoms with Gasteiger partial charge in [-0.05, 0) is 25.0 Å². The first-order valence-corrected chi connectivity index (χ1v) is 8.02. The molecule has 1 aromatic carbocycles. The van der Waals surface area contributed by atoms with E-state index in [-0.39, 0.29) is 23.4 Å². The molecule has 0 aliphatic rings. The van der Waals surface area contributed by atoms with Crippen molar-refractivity contribution in [2.75, 3.05) is 13.6 Å². The van der Waals surface area contributed by atoms with E-state index in [1.54, 1.807) is 31.3 Å². The van der Waals surface area contributed by atoms with Crippen LogP contribution in [0.5, 0.6) is 0 Å². The van der Waals surface area contributed by atoms with Gasteiger partial charge in [-0.15, -0.1) is 0 Å². The van der Waals surface area contributed by atoms with E-state index in [0.717, 1.165) is 0 Å². The average molecular weight is 294 g/mol. The summed E-state index contributed by atoms with van der Waals surface area (Å²) in [7, 11) is -1.95. The van der Waals surface area contributed by atoms with Crippen molar-refractivity contribution in [2.45, 2.75) is 31.7 Å². The highest BCUT2D eigenvalue weighted by Gasteiger charge is 2.28. The Hall–Kier alpha value is -1.35. The molecule has 0 aliphatic carbocycles. The fraction of sp³-hybridized carbons (Fsp3) is 0.467. The number of rotatable bonds is 4. The van der Waals surface area contributed by atoms with E-state index >= 15 is 0 Å². The molecule has 0 aromatic heterocycles. The zero-order valence-corrected chi connectivity index (χ0v) is 13.2. The summed E-state index contributed by atoms with van der Waals surface area (Å²) >= 11 is 0. The molecule has 0 saturated heterocycles. The monoisotopic (exact) mass is 294 g/mol. The Morgan fingerprint density at radius 2 is 1.85 bits per heavy atom. The van der Waals surface area contributed by atoms with Gasteiger partial charge in [-0.1, -0.05) is 37.8 Å². The zero-order chi connectivity index (χ0) is 15.3. The maximum atomic E-state index is 12.7. The molecule has 0 radical (unpaired) electrons. The second-order valence-electron chi connectivity index (χ2n) is 5.01. The van der Waals surface area contributed by atoms with Gasteiger partial charge in [-0.2, -0.15) is 4.31 Å². The van der Waals surface area contributed by atoms with Gasteiger partial charge in [0.25, 0.3) is 0 Å². The predicted octanol–water partition coefficient (Wildman–Crippen LogP) is 1.66. The molecule has 2 N–H and O–H groups in total. The van der Waals surface area contributed by atoms with Crippen LogP contribution >= 0.6 is 0 Å². The number of hydrogen-bond donors (Lipinski definition) is 1. The summed E-state index contributed by atoms with van der Waals surface area (Å²) < 4.78 is 26.8. The van der Waals surface area contributed by atoms with Gasteiger partial charge < -0.3 is 5.73 Å². The van der Waals surface area contributed by atoms with Crippen molar-refractivity contribution in [1.29, 1.82) is 0 Å². The van der Waals surface area contributed by atoms with E-state index in [2.05, 4.69) is 11.8 Å². The summed E-state index contributed by atoms with van der Waals surface area (Å²) in [5, 5.41) is 0. The van der Waals surface area contributed by atoms with Gasteiger partial charge in [0.15, 0.2) is 0 Å². The quantitative estimate of drug-likeness (QED) is 0.859. The van der Waals surface area contributed by atoms with Crippen molar-refractivity contribution in [2.24, 2.45) is 11.7 Å². The number of hydrogen-bond acceptors (Lipinski definition) is 3. The number of nitrogens with two attached hydrogens (primary N) is 1. The van der Waals surface area contributed by atoms with Gasteiger partial charge in [0.1, 0.15) is 0 Å². The summed E-state index contributed by atoms with van der Waals surface area (Å²) in [5.41, 5.74) is 5.84. The van der Waals surface area contributed by atoms with Crippen molar-refractivity contribution >= 4 is 10.0 Å². The maximum absolute atomic E-state index is 12.7. The fourth-order valence-electron chi connectivity index (χ4n) is 1.73. The van der Waals surface area contributed by atoms with Crippen molar-refractivity contribution in [3.05, 3.63) is 29.8 Å². The molecule has 0 amide bonds. The summed E-state index contributed by atoms with van der Waals surface area (Å²) in [6.45, 7) is 6.09. The molecule has 20 heavy (non-hydrogen) atoms. The minimum atomic E-state index is -3.55. The minimum absolute atomic E-state index is 0.0875. The van der Waals surface area contributed by atoms with Crippen molar-refractivity contribution < 1.29 is 8.42 Å². The summed E-state index contributed by atoms with van der Waals surface area (Å²) in [6, 6.07) is 6.67. The smallest absolute Gasteiger partial charge is 0.244 e. The van der Waals surface area contributed by atoms with Gasteiger partial charge in [0.2, 0.25) is 10.0 Å². The average Bonchev–Trinajstić information content (AvgIpc) is 2.43. The Morgan fingerprint density at radius 1 is 1.25 bits per heavy atom. The Balaban J connectivity index is 3.29. The van der Waals surface area contributed by atoms with Crippen LogP contribution in [0.25, 0.3) is 0 Å². The third-order valence-corrected chi connectivity index (χ3v) is 5.41. The number of sulfonamides is 1. The lowest BCUT2D eigenvalue weighted by atomic mass is 10.1. The van der Waals surface area contributed by atoms with E-state index in [9.17, 15) is 8.42 Å². The largest absolute Gasteiger partial charge is 0.320 e. The molecule has 1 unspecified atom stereocenters. The highest BCUT2D eigenvalue weighted by Crippen LogP contribution is 2.22. The van der Waals surface area contributed by atoms with Crippen LogP contribution in [0, 0.1) is 17.8 Å². The predicted molar refractivity (Wildman–Crippen MR) is 81.6 cm³/mol. The van der Waals surface area contributed by atoms with Crippen LogP contribution in [0.3, 0.4) is 0 Å². The summed E-state index contributed by atoms with van der Waals surface area (Å²) in [4.78, 5) is 0.232. The van der Waals surface area contributed by atoms with Crippen molar-refractivity contribution in [3.63, 3.8) is 0 Å². The SMILES string of the molecule is CC(C)C(C)N(C)S(=O)(=O)c1ccccc1C#CCN.